The minimum Gasteiger partial charge on any atom is -0.334 e. The van der Waals surface area contributed by atoms with Crippen molar-refractivity contribution in [3.05, 3.63) is 46.4 Å². The minimum atomic E-state index is -0.530. The van der Waals surface area contributed by atoms with Crippen molar-refractivity contribution >= 4 is 17.5 Å². The Morgan fingerprint density at radius 3 is 2.83 bits per heavy atom. The number of anilines is 1. The van der Waals surface area contributed by atoms with E-state index in [1.165, 1.54) is 28.8 Å². The molecule has 0 bridgehead atoms. The summed E-state index contributed by atoms with van der Waals surface area (Å²) in [5.74, 6) is -1.30. The molecule has 126 valence electrons. The van der Waals surface area contributed by atoms with Crippen molar-refractivity contribution in [2.75, 3.05) is 18.4 Å². The number of fused-ring (bicyclic) bond motifs is 1. The Balaban J connectivity index is 1.78. The molecule has 0 fully saturated rings. The molecule has 1 N–H and O–H groups in total. The predicted octanol–water partition coefficient (Wildman–Crippen LogP) is 0.298. The topological polar surface area (TPSA) is 89.2 Å². The molecule has 1 aliphatic heterocycles. The summed E-state index contributed by atoms with van der Waals surface area (Å²) >= 11 is 0. The van der Waals surface area contributed by atoms with Gasteiger partial charge in [0.25, 0.3) is 5.91 Å². The lowest BCUT2D eigenvalue weighted by molar-refractivity contribution is -0.117. The molecular weight excluding hydrogens is 317 g/mol. The molecule has 1 aliphatic rings. The third kappa shape index (κ3) is 2.92. The molecule has 3 rings (SSSR count). The molecule has 2 aromatic rings. The molecule has 0 saturated heterocycles. The van der Waals surface area contributed by atoms with E-state index in [2.05, 4.69) is 10.4 Å². The van der Waals surface area contributed by atoms with E-state index in [1.807, 2.05) is 6.92 Å². The highest BCUT2D eigenvalue weighted by Gasteiger charge is 2.28. The third-order valence-electron chi connectivity index (χ3n) is 3.78. The maximum absolute atomic E-state index is 13.1. The van der Waals surface area contributed by atoms with Crippen molar-refractivity contribution in [3.63, 3.8) is 0 Å². The zero-order chi connectivity index (χ0) is 17.3. The van der Waals surface area contributed by atoms with E-state index in [1.54, 1.807) is 4.90 Å². The molecule has 8 nitrogen and oxygen atoms in total. The van der Waals surface area contributed by atoms with Gasteiger partial charge in [0.2, 0.25) is 11.7 Å². The van der Waals surface area contributed by atoms with Crippen LogP contribution in [0.2, 0.25) is 0 Å². The average Bonchev–Trinajstić information content (AvgIpc) is 2.85. The second-order valence-electron chi connectivity index (χ2n) is 5.36. The summed E-state index contributed by atoms with van der Waals surface area (Å²) in [5.41, 5.74) is -0.228. The Hall–Kier alpha value is -2.97. The molecule has 0 saturated carbocycles. The lowest BCUT2D eigenvalue weighted by Gasteiger charge is -2.24. The zero-order valence-electron chi connectivity index (χ0n) is 13.0. The van der Waals surface area contributed by atoms with Gasteiger partial charge in [-0.2, -0.15) is 0 Å². The van der Waals surface area contributed by atoms with E-state index in [9.17, 15) is 18.8 Å². The Morgan fingerprint density at radius 1 is 1.33 bits per heavy atom. The molecule has 1 aromatic heterocycles. The van der Waals surface area contributed by atoms with Crippen LogP contribution in [0.15, 0.2) is 29.1 Å². The Labute approximate surface area is 136 Å². The summed E-state index contributed by atoms with van der Waals surface area (Å²) in [6, 6.07) is 5.42. The Kier molecular flexibility index (Phi) is 4.15. The van der Waals surface area contributed by atoms with Crippen LogP contribution < -0.4 is 11.0 Å². The van der Waals surface area contributed by atoms with Gasteiger partial charge in [-0.05, 0) is 25.1 Å². The lowest BCUT2D eigenvalue weighted by atomic mass is 10.3. The molecular formula is C15H16FN5O3. The number of likely N-dealkylation sites (N-methyl/N-ethyl adjacent to an activating group) is 1. The van der Waals surface area contributed by atoms with Crippen LogP contribution in [-0.4, -0.2) is 44.2 Å². The first-order valence-corrected chi connectivity index (χ1v) is 7.52. The molecule has 24 heavy (non-hydrogen) atoms. The molecule has 0 aliphatic carbocycles. The zero-order valence-corrected chi connectivity index (χ0v) is 13.0. The molecule has 2 amide bonds. The normalized spacial score (nSPS) is 13.8. The number of carbonyl (C=O) groups is 2. The molecule has 9 heteroatoms. The van der Waals surface area contributed by atoms with E-state index < -0.39 is 17.4 Å². The number of aromatic nitrogens is 3. The van der Waals surface area contributed by atoms with Gasteiger partial charge in [-0.1, -0.05) is 6.07 Å². The van der Waals surface area contributed by atoms with E-state index in [0.717, 1.165) is 4.68 Å². The van der Waals surface area contributed by atoms with Crippen LogP contribution in [0.25, 0.3) is 0 Å². The van der Waals surface area contributed by atoms with Crippen LogP contribution in [0.4, 0.5) is 10.1 Å². The highest BCUT2D eigenvalue weighted by Crippen LogP contribution is 2.10. The Bertz CT molecular complexity index is 857. The second kappa shape index (κ2) is 6.26. The molecule has 0 spiro atoms. The van der Waals surface area contributed by atoms with Gasteiger partial charge in [0, 0.05) is 25.3 Å². The molecule has 0 unspecified atom stereocenters. The number of nitrogens with zero attached hydrogens (tertiary/aromatic N) is 4. The third-order valence-corrected chi connectivity index (χ3v) is 3.78. The number of rotatable bonds is 4. The highest BCUT2D eigenvalue weighted by atomic mass is 19.1. The van der Waals surface area contributed by atoms with Crippen LogP contribution >= 0.6 is 0 Å². The van der Waals surface area contributed by atoms with Crippen molar-refractivity contribution in [2.24, 2.45) is 0 Å². The van der Waals surface area contributed by atoms with E-state index >= 15 is 0 Å². The van der Waals surface area contributed by atoms with Gasteiger partial charge in [-0.25, -0.2) is 13.9 Å². The van der Waals surface area contributed by atoms with Crippen LogP contribution in [0.3, 0.4) is 0 Å². The monoisotopic (exact) mass is 333 g/mol. The average molecular weight is 333 g/mol. The highest BCUT2D eigenvalue weighted by molar-refractivity contribution is 5.92. The maximum atomic E-state index is 13.1. The fourth-order valence-corrected chi connectivity index (χ4v) is 2.57. The number of carbonyl (C=O) groups excluding carboxylic acids is 2. The van der Waals surface area contributed by atoms with Gasteiger partial charge < -0.3 is 10.2 Å². The number of amides is 2. The Morgan fingerprint density at radius 2 is 2.12 bits per heavy atom. The van der Waals surface area contributed by atoms with Crippen LogP contribution in [0, 0.1) is 5.82 Å². The summed E-state index contributed by atoms with van der Waals surface area (Å²) in [6.45, 7) is 2.80. The predicted molar refractivity (Wildman–Crippen MR) is 83.1 cm³/mol. The molecule has 0 atom stereocenters. The van der Waals surface area contributed by atoms with Crippen LogP contribution in [0.5, 0.6) is 0 Å². The first-order chi connectivity index (χ1) is 11.5. The van der Waals surface area contributed by atoms with Gasteiger partial charge in [0.1, 0.15) is 12.4 Å². The van der Waals surface area contributed by atoms with E-state index in [4.69, 9.17) is 0 Å². The van der Waals surface area contributed by atoms with Crippen molar-refractivity contribution in [1.82, 2.24) is 19.2 Å². The summed E-state index contributed by atoms with van der Waals surface area (Å²) < 4.78 is 15.3. The van der Waals surface area contributed by atoms with Gasteiger partial charge in [-0.15, -0.1) is 5.10 Å². The fraction of sp³-hybridized carbons (Fsp3) is 0.333. The standard InChI is InChI=1S/C15H16FN5O3/c1-2-19-6-7-20-13(14(19)23)18-21(15(20)24)9-12(22)17-11-5-3-4-10(16)8-11/h3-5,8H,2,6-7,9H2,1H3,(H,17,22). The maximum Gasteiger partial charge on any atom is 0.346 e. The first kappa shape index (κ1) is 15.9. The largest absolute Gasteiger partial charge is 0.346 e. The summed E-state index contributed by atoms with van der Waals surface area (Å²) in [5, 5.41) is 6.46. The van der Waals surface area contributed by atoms with Gasteiger partial charge in [0.05, 0.1) is 0 Å². The van der Waals surface area contributed by atoms with Gasteiger partial charge >= 0.3 is 5.69 Å². The lowest BCUT2D eigenvalue weighted by Crippen LogP contribution is -2.42. The van der Waals surface area contributed by atoms with Crippen molar-refractivity contribution in [1.29, 1.82) is 0 Å². The number of nitrogens with one attached hydrogen (secondary N) is 1. The van der Waals surface area contributed by atoms with Crippen LogP contribution in [-0.2, 0) is 17.9 Å². The van der Waals surface area contributed by atoms with E-state index in [-0.39, 0.29) is 24.0 Å². The molecule has 2 heterocycles. The quantitative estimate of drug-likeness (QED) is 0.871. The van der Waals surface area contributed by atoms with Crippen LogP contribution in [0.1, 0.15) is 17.5 Å². The smallest absolute Gasteiger partial charge is 0.334 e. The summed E-state index contributed by atoms with van der Waals surface area (Å²) in [4.78, 5) is 38.0. The number of benzene rings is 1. The van der Waals surface area contributed by atoms with Gasteiger partial charge in [0.15, 0.2) is 0 Å². The first-order valence-electron chi connectivity index (χ1n) is 7.52. The summed E-state index contributed by atoms with van der Waals surface area (Å²) in [7, 11) is 0. The SMILES string of the molecule is CCN1CCn2c(nn(CC(=O)Nc3cccc(F)c3)c2=O)C1=O. The van der Waals surface area contributed by atoms with Crippen molar-refractivity contribution < 1.29 is 14.0 Å². The number of halogens is 1. The fourth-order valence-electron chi connectivity index (χ4n) is 2.57. The second-order valence-corrected chi connectivity index (χ2v) is 5.36. The number of hydrogen-bond donors (Lipinski definition) is 1. The molecule has 0 radical (unpaired) electrons. The van der Waals surface area contributed by atoms with Crippen molar-refractivity contribution in [3.8, 4) is 0 Å². The van der Waals surface area contributed by atoms with Crippen molar-refractivity contribution in [2.45, 2.75) is 20.0 Å². The molecule has 1 aromatic carbocycles. The van der Waals surface area contributed by atoms with E-state index in [0.29, 0.717) is 19.6 Å². The summed E-state index contributed by atoms with van der Waals surface area (Å²) in [6.07, 6.45) is 0. The minimum absolute atomic E-state index is 0.0339. The van der Waals surface area contributed by atoms with Gasteiger partial charge in [-0.3, -0.25) is 14.2 Å². The number of hydrogen-bond acceptors (Lipinski definition) is 4.